The fourth-order valence-electron chi connectivity index (χ4n) is 5.62. The monoisotopic (exact) mass is 496 g/mol. The molecule has 180 valence electrons. The molecule has 0 amide bonds. The highest BCUT2D eigenvalue weighted by Crippen LogP contribution is 2.44. The average molecular weight is 497 g/mol. The number of aryl methyl sites for hydroxylation is 1. The van der Waals surface area contributed by atoms with Gasteiger partial charge in [-0.05, 0) is 49.2 Å². The number of fused-ring (bicyclic) bond motifs is 2. The van der Waals surface area contributed by atoms with Crippen molar-refractivity contribution in [3.05, 3.63) is 58.0 Å². The van der Waals surface area contributed by atoms with Gasteiger partial charge in [-0.25, -0.2) is 9.97 Å². The number of rotatable bonds is 4. The summed E-state index contributed by atoms with van der Waals surface area (Å²) < 4.78 is 38.6. The number of anilines is 1. The van der Waals surface area contributed by atoms with Gasteiger partial charge in [0.1, 0.15) is 22.5 Å². The zero-order chi connectivity index (χ0) is 24.4. The molecule has 2 aliphatic heterocycles. The fraction of sp³-hybridized carbons (Fsp3) is 0.400. The minimum atomic E-state index is -4.23. The van der Waals surface area contributed by atoms with Gasteiger partial charge in [0.25, 0.3) is 0 Å². The summed E-state index contributed by atoms with van der Waals surface area (Å²) in [5, 5.41) is 1.82. The molecule has 4 aromatic rings. The van der Waals surface area contributed by atoms with Crippen molar-refractivity contribution in [2.45, 2.75) is 32.5 Å². The summed E-state index contributed by atoms with van der Waals surface area (Å²) in [6.45, 7) is 13.9. The molecular weight excluding hydrogens is 473 g/mol. The van der Waals surface area contributed by atoms with Crippen LogP contribution in [-0.4, -0.2) is 52.2 Å². The SMILES string of the molecule is [C-]#[N+]c1cc2c(C)c(CN3CCC4(C3)CN(c3ncnc5sc(CC(F)(F)F)cc35)C4)ccc2[nH]1. The number of hydrogen-bond donors (Lipinski definition) is 1. The molecular formula is C25H23F3N6S. The molecule has 1 N–H and O–H groups in total. The second-order valence-electron chi connectivity index (χ2n) is 9.81. The summed E-state index contributed by atoms with van der Waals surface area (Å²) in [6.07, 6.45) is -2.61. The summed E-state index contributed by atoms with van der Waals surface area (Å²) in [7, 11) is 0. The van der Waals surface area contributed by atoms with Crippen molar-refractivity contribution < 1.29 is 13.2 Å². The molecule has 2 fully saturated rings. The quantitative estimate of drug-likeness (QED) is 0.360. The summed E-state index contributed by atoms with van der Waals surface area (Å²) >= 11 is 1.10. The van der Waals surface area contributed by atoms with Crippen molar-refractivity contribution in [1.82, 2.24) is 19.9 Å². The second-order valence-corrected chi connectivity index (χ2v) is 10.9. The van der Waals surface area contributed by atoms with Crippen LogP contribution < -0.4 is 4.90 Å². The number of nitrogens with one attached hydrogen (secondary N) is 1. The first-order valence-corrected chi connectivity index (χ1v) is 12.3. The largest absolute Gasteiger partial charge is 0.393 e. The predicted molar refractivity (Wildman–Crippen MR) is 131 cm³/mol. The standard InChI is InChI=1S/C25H23F3N6S/c1-15-16(3-4-20-18(15)8-21(29-2)32-20)10-33-6-5-24(11-33)12-34(13-24)22-19-7-17(9-25(26,27)28)35-23(19)31-14-30-22/h3-4,7-8,14,32H,5-6,9-13H2,1H3. The maximum absolute atomic E-state index is 12.9. The third-order valence-corrected chi connectivity index (χ3v) is 8.33. The number of halogens is 3. The Morgan fingerprint density at radius 1 is 1.17 bits per heavy atom. The molecule has 5 heterocycles. The maximum atomic E-state index is 12.9. The lowest BCUT2D eigenvalue weighted by Gasteiger charge is -2.49. The molecule has 3 aromatic heterocycles. The number of benzene rings is 1. The zero-order valence-electron chi connectivity index (χ0n) is 19.1. The summed E-state index contributed by atoms with van der Waals surface area (Å²) in [6, 6.07) is 7.72. The van der Waals surface area contributed by atoms with Crippen molar-refractivity contribution in [2.24, 2.45) is 5.41 Å². The van der Waals surface area contributed by atoms with E-state index in [-0.39, 0.29) is 10.3 Å². The van der Waals surface area contributed by atoms with Gasteiger partial charge in [-0.3, -0.25) is 4.90 Å². The molecule has 35 heavy (non-hydrogen) atoms. The molecule has 1 spiro atoms. The number of aromatic nitrogens is 3. The molecule has 0 unspecified atom stereocenters. The Morgan fingerprint density at radius 2 is 2.00 bits per heavy atom. The van der Waals surface area contributed by atoms with Crippen molar-refractivity contribution >= 4 is 44.1 Å². The molecule has 1 aromatic carbocycles. The average Bonchev–Trinajstić information content (AvgIpc) is 3.49. The number of thiophene rings is 1. The van der Waals surface area contributed by atoms with E-state index < -0.39 is 12.6 Å². The van der Waals surface area contributed by atoms with Gasteiger partial charge < -0.3 is 14.7 Å². The molecule has 0 saturated carbocycles. The van der Waals surface area contributed by atoms with Crippen molar-refractivity contribution in [2.75, 3.05) is 31.1 Å². The molecule has 2 saturated heterocycles. The second kappa shape index (κ2) is 7.93. The minimum absolute atomic E-state index is 0.186. The maximum Gasteiger partial charge on any atom is 0.393 e. The molecule has 0 radical (unpaired) electrons. The van der Waals surface area contributed by atoms with Crippen molar-refractivity contribution in [3.63, 3.8) is 0 Å². The van der Waals surface area contributed by atoms with E-state index in [1.165, 1.54) is 17.5 Å². The molecule has 0 atom stereocenters. The van der Waals surface area contributed by atoms with Crippen LogP contribution >= 0.6 is 11.3 Å². The Balaban J connectivity index is 1.15. The Morgan fingerprint density at radius 3 is 2.77 bits per heavy atom. The summed E-state index contributed by atoms with van der Waals surface area (Å²) in [5.41, 5.74) is 3.66. The Bertz CT molecular complexity index is 1470. The van der Waals surface area contributed by atoms with E-state index in [0.29, 0.717) is 10.6 Å². The zero-order valence-corrected chi connectivity index (χ0v) is 19.9. The molecule has 0 bridgehead atoms. The van der Waals surface area contributed by atoms with E-state index >= 15 is 0 Å². The van der Waals surface area contributed by atoms with Crippen LogP contribution in [0.15, 0.2) is 30.6 Å². The van der Waals surface area contributed by atoms with E-state index in [1.807, 2.05) is 6.07 Å². The third-order valence-electron chi connectivity index (χ3n) is 7.29. The lowest BCUT2D eigenvalue weighted by atomic mass is 9.79. The molecule has 6 nitrogen and oxygen atoms in total. The minimum Gasteiger partial charge on any atom is -0.364 e. The Labute approximate surface area is 204 Å². The van der Waals surface area contributed by atoms with Crippen LogP contribution in [0.25, 0.3) is 26.0 Å². The van der Waals surface area contributed by atoms with Gasteiger partial charge in [0.2, 0.25) is 5.82 Å². The summed E-state index contributed by atoms with van der Waals surface area (Å²) in [4.78, 5) is 20.8. The Hall–Kier alpha value is -3.16. The van der Waals surface area contributed by atoms with Crippen LogP contribution in [0.2, 0.25) is 0 Å². The lowest BCUT2D eigenvalue weighted by Crippen LogP contribution is -2.58. The summed E-state index contributed by atoms with van der Waals surface area (Å²) in [5.74, 6) is 1.30. The Kier molecular flexibility index (Phi) is 5.06. The van der Waals surface area contributed by atoms with Crippen molar-refractivity contribution in [3.8, 4) is 0 Å². The lowest BCUT2D eigenvalue weighted by molar-refractivity contribution is -0.126. The van der Waals surface area contributed by atoms with Crippen LogP contribution in [0.5, 0.6) is 0 Å². The number of aromatic amines is 1. The van der Waals surface area contributed by atoms with Gasteiger partial charge >= 0.3 is 6.18 Å². The van der Waals surface area contributed by atoms with E-state index in [1.54, 1.807) is 6.07 Å². The third kappa shape index (κ3) is 4.02. The van der Waals surface area contributed by atoms with Gasteiger partial charge in [-0.2, -0.15) is 13.2 Å². The normalized spacial score (nSPS) is 18.0. The van der Waals surface area contributed by atoms with Gasteiger partial charge in [0.15, 0.2) is 0 Å². The van der Waals surface area contributed by atoms with Gasteiger partial charge in [-0.15, -0.1) is 11.3 Å². The van der Waals surface area contributed by atoms with E-state index in [0.717, 1.165) is 72.6 Å². The fourth-order valence-corrected chi connectivity index (χ4v) is 6.64. The van der Waals surface area contributed by atoms with Crippen LogP contribution in [0.1, 0.15) is 22.4 Å². The van der Waals surface area contributed by atoms with Gasteiger partial charge in [0.05, 0.1) is 11.8 Å². The van der Waals surface area contributed by atoms with Crippen LogP contribution in [0.4, 0.5) is 24.8 Å². The first-order chi connectivity index (χ1) is 16.7. The van der Waals surface area contributed by atoms with E-state index in [9.17, 15) is 13.2 Å². The van der Waals surface area contributed by atoms with E-state index in [4.69, 9.17) is 6.57 Å². The first kappa shape index (κ1) is 22.3. The highest BCUT2D eigenvalue weighted by molar-refractivity contribution is 7.18. The highest BCUT2D eigenvalue weighted by atomic mass is 32.1. The van der Waals surface area contributed by atoms with Crippen LogP contribution in [0, 0.1) is 18.9 Å². The number of likely N-dealkylation sites (tertiary alicyclic amines) is 1. The number of H-pyrrole nitrogens is 1. The topological polar surface area (TPSA) is 52.4 Å². The molecule has 0 aliphatic carbocycles. The van der Waals surface area contributed by atoms with Crippen LogP contribution in [-0.2, 0) is 13.0 Å². The smallest absolute Gasteiger partial charge is 0.364 e. The van der Waals surface area contributed by atoms with Crippen LogP contribution in [0.3, 0.4) is 0 Å². The van der Waals surface area contributed by atoms with Crippen molar-refractivity contribution in [1.29, 1.82) is 0 Å². The van der Waals surface area contributed by atoms with Gasteiger partial charge in [-0.1, -0.05) is 12.6 Å². The molecule has 10 heteroatoms. The van der Waals surface area contributed by atoms with E-state index in [2.05, 4.69) is 48.7 Å². The number of nitrogens with zero attached hydrogens (tertiary/aromatic N) is 5. The molecule has 6 rings (SSSR count). The first-order valence-electron chi connectivity index (χ1n) is 11.5. The number of alkyl halides is 3. The highest BCUT2D eigenvalue weighted by Gasteiger charge is 2.48. The van der Waals surface area contributed by atoms with Gasteiger partial charge in [0, 0.05) is 41.9 Å². The molecule has 2 aliphatic rings. The predicted octanol–water partition coefficient (Wildman–Crippen LogP) is 5.85. The number of hydrogen-bond acceptors (Lipinski definition) is 5.